The fraction of sp³-hybridized carbons (Fsp3) is 0.154. The number of anilines is 1. The Morgan fingerprint density at radius 3 is 2.57 bits per heavy atom. The van der Waals surface area contributed by atoms with Gasteiger partial charge < -0.3 is 20.5 Å². The second-order valence-corrected chi connectivity index (χ2v) is 5.49. The molecule has 2 aliphatic rings. The first-order valence-corrected chi connectivity index (χ1v) is 6.55. The van der Waals surface area contributed by atoms with E-state index in [-0.39, 0.29) is 27.3 Å². The average Bonchev–Trinajstić information content (AvgIpc) is 2.75. The highest BCUT2D eigenvalue weighted by atomic mass is 32.1. The van der Waals surface area contributed by atoms with Crippen molar-refractivity contribution in [1.29, 1.82) is 0 Å². The van der Waals surface area contributed by atoms with E-state index in [4.69, 9.17) is 12.2 Å². The van der Waals surface area contributed by atoms with Gasteiger partial charge in [0.2, 0.25) is 17.1 Å². The van der Waals surface area contributed by atoms with Crippen molar-refractivity contribution in [2.24, 2.45) is 0 Å². The summed E-state index contributed by atoms with van der Waals surface area (Å²) in [6.07, 6.45) is 0. The van der Waals surface area contributed by atoms with E-state index in [2.05, 4.69) is 15.3 Å². The Labute approximate surface area is 122 Å². The number of aliphatic hydroxyl groups is 2. The number of hydrogen-bond acceptors (Lipinski definition) is 6. The summed E-state index contributed by atoms with van der Waals surface area (Å²) in [5, 5.41) is 24.4. The summed E-state index contributed by atoms with van der Waals surface area (Å²) in [7, 11) is 0. The first-order valence-electron chi connectivity index (χ1n) is 6.14. The number of fused-ring (bicyclic) bond motifs is 5. The van der Waals surface area contributed by atoms with Gasteiger partial charge in [-0.25, -0.2) is 0 Å². The van der Waals surface area contributed by atoms with Crippen molar-refractivity contribution >= 4 is 23.8 Å². The number of hydrogen-bond donors (Lipinski definition) is 5. The van der Waals surface area contributed by atoms with Crippen LogP contribution in [0.25, 0.3) is 0 Å². The molecular formula is C13H9N3O4S. The van der Waals surface area contributed by atoms with Gasteiger partial charge in [-0.05, 0) is 12.2 Å². The van der Waals surface area contributed by atoms with Crippen molar-refractivity contribution < 1.29 is 15.0 Å². The van der Waals surface area contributed by atoms with Crippen LogP contribution in [0.2, 0.25) is 0 Å². The number of ketones is 1. The Morgan fingerprint density at radius 1 is 1.10 bits per heavy atom. The number of benzene rings is 1. The lowest BCUT2D eigenvalue weighted by Crippen LogP contribution is -2.51. The normalized spacial score (nSPS) is 28.8. The summed E-state index contributed by atoms with van der Waals surface area (Å²) in [6.45, 7) is 0. The van der Waals surface area contributed by atoms with Gasteiger partial charge in [-0.1, -0.05) is 24.3 Å². The maximum atomic E-state index is 12.6. The lowest BCUT2D eigenvalue weighted by molar-refractivity contribution is -0.101. The van der Waals surface area contributed by atoms with Crippen LogP contribution in [-0.4, -0.2) is 26.0 Å². The Balaban J connectivity index is 2.13. The highest BCUT2D eigenvalue weighted by molar-refractivity contribution is 7.71. The summed E-state index contributed by atoms with van der Waals surface area (Å²) in [5.74, 6) is -0.695. The smallest absolute Gasteiger partial charge is 0.260 e. The molecule has 21 heavy (non-hydrogen) atoms. The average molecular weight is 303 g/mol. The van der Waals surface area contributed by atoms with E-state index in [1.54, 1.807) is 12.1 Å². The molecule has 0 radical (unpaired) electrons. The molecule has 0 fully saturated rings. The van der Waals surface area contributed by atoms with Gasteiger partial charge in [-0.2, -0.15) is 0 Å². The number of rotatable bonds is 0. The minimum atomic E-state index is -2.39. The van der Waals surface area contributed by atoms with Gasteiger partial charge in [0.25, 0.3) is 5.56 Å². The molecule has 0 spiro atoms. The minimum absolute atomic E-state index is 0.0270. The number of Topliss-reactive ketones (excluding diaryl/α,β-unsaturated/α-hetero) is 1. The molecule has 0 saturated heterocycles. The van der Waals surface area contributed by atoms with E-state index in [0.29, 0.717) is 0 Å². The van der Waals surface area contributed by atoms with Gasteiger partial charge in [-0.15, -0.1) is 0 Å². The van der Waals surface area contributed by atoms with E-state index in [1.807, 2.05) is 0 Å². The quantitative estimate of drug-likeness (QED) is 0.440. The second kappa shape index (κ2) is 3.48. The van der Waals surface area contributed by atoms with E-state index >= 15 is 0 Å². The molecule has 4 rings (SSSR count). The van der Waals surface area contributed by atoms with Crippen molar-refractivity contribution in [3.8, 4) is 0 Å². The number of aromatic nitrogens is 2. The lowest BCUT2D eigenvalue weighted by Gasteiger charge is -2.29. The topological polar surface area (TPSA) is 118 Å². The van der Waals surface area contributed by atoms with E-state index in [1.165, 1.54) is 12.1 Å². The molecular weight excluding hydrogens is 294 g/mol. The monoisotopic (exact) mass is 303 g/mol. The van der Waals surface area contributed by atoms with E-state index < -0.39 is 22.7 Å². The maximum Gasteiger partial charge on any atom is 0.260 e. The van der Waals surface area contributed by atoms with E-state index in [9.17, 15) is 19.8 Å². The predicted octanol–water partition coefficient (Wildman–Crippen LogP) is 0.0872. The number of carbonyl (C=O) groups is 1. The highest BCUT2D eigenvalue weighted by Gasteiger charge is 2.69. The Hall–Kier alpha value is -2.29. The molecule has 7 nitrogen and oxygen atoms in total. The molecule has 2 aromatic rings. The third-order valence-electron chi connectivity index (χ3n) is 4.02. The lowest BCUT2D eigenvalue weighted by atomic mass is 9.88. The van der Waals surface area contributed by atoms with Crippen molar-refractivity contribution in [1.82, 2.24) is 9.97 Å². The number of aromatic amines is 2. The fourth-order valence-corrected chi connectivity index (χ4v) is 3.30. The van der Waals surface area contributed by atoms with Crippen LogP contribution in [0.1, 0.15) is 21.5 Å². The molecule has 1 aromatic heterocycles. The van der Waals surface area contributed by atoms with Crippen molar-refractivity contribution in [2.45, 2.75) is 11.3 Å². The first-order chi connectivity index (χ1) is 9.89. The zero-order valence-electron chi connectivity index (χ0n) is 10.4. The van der Waals surface area contributed by atoms with Crippen LogP contribution >= 0.6 is 12.2 Å². The largest absolute Gasteiger partial charge is 0.372 e. The summed E-state index contributed by atoms with van der Waals surface area (Å²) < 4.78 is 0.0270. The van der Waals surface area contributed by atoms with E-state index in [0.717, 1.165) is 0 Å². The fourth-order valence-electron chi connectivity index (χ4n) is 3.11. The molecule has 5 N–H and O–H groups in total. The molecule has 0 amide bonds. The van der Waals surface area contributed by atoms with Crippen LogP contribution in [0.4, 0.5) is 5.82 Å². The number of H-pyrrole nitrogens is 2. The molecule has 1 aromatic carbocycles. The van der Waals surface area contributed by atoms with Crippen molar-refractivity contribution in [3.63, 3.8) is 0 Å². The summed E-state index contributed by atoms with van der Waals surface area (Å²) >= 11 is 4.85. The molecule has 1 aliphatic heterocycles. The first kappa shape index (κ1) is 12.5. The summed E-state index contributed by atoms with van der Waals surface area (Å²) in [5.41, 5.74) is -5.09. The summed E-state index contributed by atoms with van der Waals surface area (Å²) in [6, 6.07) is 6.26. The Kier molecular flexibility index (Phi) is 2.06. The van der Waals surface area contributed by atoms with Gasteiger partial charge in [-0.3, -0.25) is 14.6 Å². The summed E-state index contributed by atoms with van der Waals surface area (Å²) in [4.78, 5) is 29.6. The molecule has 2 atom stereocenters. The number of nitrogens with one attached hydrogen (secondary N) is 3. The molecule has 2 unspecified atom stereocenters. The Morgan fingerprint density at radius 2 is 1.81 bits per heavy atom. The standard InChI is InChI=1S/C13H9N3O4S/c17-8-5-3-1-2-4-6(5)13(20)12(8,19)7-9(16-13)14-11(21)15-10(7)18/h1-4,19-20H,(H3,14,15,16,18,21). The molecule has 8 heteroatoms. The van der Waals surface area contributed by atoms with Crippen LogP contribution in [0.3, 0.4) is 0 Å². The van der Waals surface area contributed by atoms with Crippen LogP contribution in [0.5, 0.6) is 0 Å². The van der Waals surface area contributed by atoms with Crippen molar-refractivity contribution in [2.75, 3.05) is 5.32 Å². The zero-order chi connectivity index (χ0) is 15.0. The van der Waals surface area contributed by atoms with Crippen LogP contribution in [-0.2, 0) is 11.3 Å². The molecule has 106 valence electrons. The zero-order valence-corrected chi connectivity index (χ0v) is 11.2. The van der Waals surface area contributed by atoms with Gasteiger partial charge in [0, 0.05) is 11.1 Å². The van der Waals surface area contributed by atoms with Crippen molar-refractivity contribution in [3.05, 3.63) is 56.1 Å². The van der Waals surface area contributed by atoms with Crippen LogP contribution in [0.15, 0.2) is 29.1 Å². The van der Waals surface area contributed by atoms with Gasteiger partial charge in [0.05, 0.1) is 0 Å². The third kappa shape index (κ3) is 1.19. The molecule has 0 saturated carbocycles. The molecule has 1 aliphatic carbocycles. The third-order valence-corrected chi connectivity index (χ3v) is 4.23. The predicted molar refractivity (Wildman–Crippen MR) is 74.4 cm³/mol. The minimum Gasteiger partial charge on any atom is -0.372 e. The maximum absolute atomic E-state index is 12.6. The number of carbonyl (C=O) groups excluding carboxylic acids is 1. The van der Waals surface area contributed by atoms with Gasteiger partial charge in [0.1, 0.15) is 11.4 Å². The second-order valence-electron chi connectivity index (χ2n) is 5.08. The molecule has 2 heterocycles. The van der Waals surface area contributed by atoms with Gasteiger partial charge in [0.15, 0.2) is 4.77 Å². The van der Waals surface area contributed by atoms with Crippen LogP contribution in [0, 0.1) is 4.77 Å². The SMILES string of the molecule is O=C1c2ccccc2C2(O)Nc3[nH]c(=S)[nH]c(=O)c3C12O. The molecule has 0 bridgehead atoms. The highest BCUT2D eigenvalue weighted by Crippen LogP contribution is 2.54. The van der Waals surface area contributed by atoms with Gasteiger partial charge >= 0.3 is 0 Å². The van der Waals surface area contributed by atoms with Crippen LogP contribution < -0.4 is 10.9 Å². The Bertz CT molecular complexity index is 933.